The molecule has 0 amide bonds. The first-order valence-corrected chi connectivity index (χ1v) is 6.52. The van der Waals surface area contributed by atoms with E-state index in [1.54, 1.807) is 14.2 Å². The van der Waals surface area contributed by atoms with E-state index >= 15 is 0 Å². The lowest BCUT2D eigenvalue weighted by molar-refractivity contribution is 0.356. The van der Waals surface area contributed by atoms with Crippen LogP contribution in [0.5, 0.6) is 11.5 Å². The number of methoxy groups -OCH3 is 2. The minimum Gasteiger partial charge on any atom is -0.493 e. The molecule has 0 aliphatic rings. The highest BCUT2D eigenvalue weighted by Gasteiger charge is 2.12. The molecule has 0 fully saturated rings. The maximum absolute atomic E-state index is 5.73. The summed E-state index contributed by atoms with van der Waals surface area (Å²) in [5.41, 5.74) is 7.58. The van der Waals surface area contributed by atoms with Crippen molar-refractivity contribution in [1.29, 1.82) is 0 Å². The Labute approximate surface area is 113 Å². The highest BCUT2D eigenvalue weighted by Crippen LogP contribution is 2.31. The van der Waals surface area contributed by atoms with Gasteiger partial charge in [0, 0.05) is 18.6 Å². The first kappa shape index (κ1) is 13.7. The third kappa shape index (κ3) is 2.81. The number of nitrogens with zero attached hydrogens (tertiary/aromatic N) is 1. The molecule has 1 atom stereocenters. The summed E-state index contributed by atoms with van der Waals surface area (Å²) in [6, 6.07) is 3.80. The number of imidazole rings is 1. The molecule has 1 aromatic heterocycles. The molecule has 19 heavy (non-hydrogen) atoms. The van der Waals surface area contributed by atoms with Crippen LogP contribution < -0.4 is 15.2 Å². The predicted molar refractivity (Wildman–Crippen MR) is 75.7 cm³/mol. The largest absolute Gasteiger partial charge is 0.493 e. The van der Waals surface area contributed by atoms with Crippen molar-refractivity contribution in [2.45, 2.75) is 19.8 Å². The number of aromatic nitrogens is 2. The molecule has 0 aliphatic carbocycles. The fourth-order valence-corrected chi connectivity index (χ4v) is 2.15. The van der Waals surface area contributed by atoms with Crippen LogP contribution in [0.2, 0.25) is 0 Å². The fraction of sp³-hybridized carbons (Fsp3) is 0.500. The minimum atomic E-state index is 0.462. The number of hydrogen-bond acceptors (Lipinski definition) is 4. The summed E-state index contributed by atoms with van der Waals surface area (Å²) in [6.07, 6.45) is 1.92. The Morgan fingerprint density at radius 1 is 1.26 bits per heavy atom. The van der Waals surface area contributed by atoms with Crippen molar-refractivity contribution in [2.75, 3.05) is 20.8 Å². The molecule has 1 unspecified atom stereocenters. The van der Waals surface area contributed by atoms with E-state index in [2.05, 4.69) is 16.9 Å². The Balaban J connectivity index is 2.34. The van der Waals surface area contributed by atoms with Crippen LogP contribution in [-0.2, 0) is 6.42 Å². The second-order valence-corrected chi connectivity index (χ2v) is 4.62. The summed E-state index contributed by atoms with van der Waals surface area (Å²) in [5, 5.41) is 0. The number of hydrogen-bond donors (Lipinski definition) is 2. The summed E-state index contributed by atoms with van der Waals surface area (Å²) >= 11 is 0. The molecule has 0 aliphatic heterocycles. The van der Waals surface area contributed by atoms with Crippen LogP contribution in [0.3, 0.4) is 0 Å². The van der Waals surface area contributed by atoms with E-state index in [1.165, 1.54) is 0 Å². The lowest BCUT2D eigenvalue weighted by Gasteiger charge is -2.08. The van der Waals surface area contributed by atoms with Crippen molar-refractivity contribution < 1.29 is 9.47 Å². The second-order valence-electron chi connectivity index (χ2n) is 4.62. The minimum absolute atomic E-state index is 0.462. The van der Waals surface area contributed by atoms with Crippen LogP contribution in [0, 0.1) is 5.92 Å². The average Bonchev–Trinajstić information content (AvgIpc) is 2.84. The Hall–Kier alpha value is -1.75. The average molecular weight is 263 g/mol. The van der Waals surface area contributed by atoms with E-state index in [0.29, 0.717) is 24.0 Å². The zero-order valence-corrected chi connectivity index (χ0v) is 11.7. The van der Waals surface area contributed by atoms with E-state index in [4.69, 9.17) is 15.2 Å². The van der Waals surface area contributed by atoms with Gasteiger partial charge in [-0.05, 0) is 12.5 Å². The van der Waals surface area contributed by atoms with Gasteiger partial charge in [-0.25, -0.2) is 4.98 Å². The summed E-state index contributed by atoms with van der Waals surface area (Å²) in [7, 11) is 3.25. The van der Waals surface area contributed by atoms with E-state index in [0.717, 1.165) is 29.7 Å². The lowest BCUT2D eigenvalue weighted by Crippen LogP contribution is -2.16. The summed E-state index contributed by atoms with van der Waals surface area (Å²) in [4.78, 5) is 7.90. The molecule has 2 rings (SSSR count). The first-order chi connectivity index (χ1) is 9.21. The van der Waals surface area contributed by atoms with Crippen molar-refractivity contribution in [2.24, 2.45) is 11.7 Å². The van der Waals surface area contributed by atoms with Crippen molar-refractivity contribution in [3.8, 4) is 11.5 Å². The van der Waals surface area contributed by atoms with Crippen molar-refractivity contribution in [3.05, 3.63) is 18.0 Å². The molecule has 1 heterocycles. The van der Waals surface area contributed by atoms with E-state index < -0.39 is 0 Å². The smallest absolute Gasteiger partial charge is 0.163 e. The maximum Gasteiger partial charge on any atom is 0.163 e. The number of ether oxygens (including phenoxy) is 2. The number of nitrogens with one attached hydrogen (secondary N) is 1. The van der Waals surface area contributed by atoms with Gasteiger partial charge in [0.15, 0.2) is 11.5 Å². The highest BCUT2D eigenvalue weighted by molar-refractivity contribution is 5.79. The van der Waals surface area contributed by atoms with Crippen molar-refractivity contribution >= 4 is 11.0 Å². The topological polar surface area (TPSA) is 73.2 Å². The van der Waals surface area contributed by atoms with E-state index in [1.807, 2.05) is 12.1 Å². The summed E-state index contributed by atoms with van der Waals surface area (Å²) < 4.78 is 10.6. The maximum atomic E-state index is 5.73. The predicted octanol–water partition coefficient (Wildman–Crippen LogP) is 2.11. The van der Waals surface area contributed by atoms with Gasteiger partial charge in [0.1, 0.15) is 5.82 Å². The van der Waals surface area contributed by atoms with Gasteiger partial charge < -0.3 is 20.2 Å². The summed E-state index contributed by atoms with van der Waals surface area (Å²) in [5.74, 6) is 2.82. The third-order valence-electron chi connectivity index (χ3n) is 3.43. The molecule has 2 aromatic rings. The molecule has 0 spiro atoms. The molecule has 0 saturated heterocycles. The van der Waals surface area contributed by atoms with Crippen molar-refractivity contribution in [3.63, 3.8) is 0 Å². The van der Waals surface area contributed by atoms with Crippen LogP contribution in [-0.4, -0.2) is 30.7 Å². The molecule has 5 heteroatoms. The lowest BCUT2D eigenvalue weighted by atomic mass is 10.0. The zero-order valence-electron chi connectivity index (χ0n) is 11.7. The summed E-state index contributed by atoms with van der Waals surface area (Å²) in [6.45, 7) is 2.83. The Morgan fingerprint density at radius 3 is 2.53 bits per heavy atom. The highest BCUT2D eigenvalue weighted by atomic mass is 16.5. The Bertz CT molecular complexity index is 506. The van der Waals surface area contributed by atoms with E-state index in [9.17, 15) is 0 Å². The van der Waals surface area contributed by atoms with Gasteiger partial charge >= 0.3 is 0 Å². The van der Waals surface area contributed by atoms with E-state index in [-0.39, 0.29) is 0 Å². The molecule has 1 aromatic carbocycles. The molecule has 104 valence electrons. The number of fused-ring (bicyclic) bond motifs is 1. The van der Waals surface area contributed by atoms with Crippen LogP contribution in [0.1, 0.15) is 19.2 Å². The quantitative estimate of drug-likeness (QED) is 0.837. The molecular formula is C14H21N3O2. The van der Waals surface area contributed by atoms with Gasteiger partial charge in [-0.15, -0.1) is 0 Å². The van der Waals surface area contributed by atoms with Crippen LogP contribution >= 0.6 is 0 Å². The van der Waals surface area contributed by atoms with Crippen LogP contribution in [0.4, 0.5) is 0 Å². The van der Waals surface area contributed by atoms with Gasteiger partial charge in [0.05, 0.1) is 25.3 Å². The Kier molecular flexibility index (Phi) is 4.27. The SMILES string of the molecule is CCC(CN)Cc1nc2cc(OC)c(OC)cc2[nH]1. The third-order valence-corrected chi connectivity index (χ3v) is 3.43. The van der Waals surface area contributed by atoms with Crippen LogP contribution in [0.25, 0.3) is 11.0 Å². The van der Waals surface area contributed by atoms with Gasteiger partial charge in [-0.2, -0.15) is 0 Å². The monoisotopic (exact) mass is 263 g/mol. The van der Waals surface area contributed by atoms with Gasteiger partial charge in [0.2, 0.25) is 0 Å². The van der Waals surface area contributed by atoms with Gasteiger partial charge in [-0.3, -0.25) is 0 Å². The van der Waals surface area contributed by atoms with Gasteiger partial charge in [-0.1, -0.05) is 13.3 Å². The Morgan fingerprint density at radius 2 is 1.95 bits per heavy atom. The van der Waals surface area contributed by atoms with Crippen LogP contribution in [0.15, 0.2) is 12.1 Å². The zero-order chi connectivity index (χ0) is 13.8. The number of benzene rings is 1. The number of nitrogens with two attached hydrogens (primary N) is 1. The first-order valence-electron chi connectivity index (χ1n) is 6.52. The number of aromatic amines is 1. The number of rotatable bonds is 6. The second kappa shape index (κ2) is 5.93. The normalized spacial score (nSPS) is 12.6. The molecular weight excluding hydrogens is 242 g/mol. The molecule has 0 bridgehead atoms. The molecule has 0 saturated carbocycles. The van der Waals surface area contributed by atoms with Crippen molar-refractivity contribution in [1.82, 2.24) is 9.97 Å². The standard InChI is InChI=1S/C14H21N3O2/c1-4-9(8-15)5-14-16-10-6-12(18-2)13(19-3)7-11(10)17-14/h6-7,9H,4-5,8,15H2,1-3H3,(H,16,17). The number of H-pyrrole nitrogens is 1. The fourth-order valence-electron chi connectivity index (χ4n) is 2.15. The molecule has 5 nitrogen and oxygen atoms in total. The molecule has 0 radical (unpaired) electrons. The molecule has 3 N–H and O–H groups in total. The van der Waals surface area contributed by atoms with Gasteiger partial charge in [0.25, 0.3) is 0 Å².